The molecule has 0 saturated carbocycles. The summed E-state index contributed by atoms with van der Waals surface area (Å²) in [7, 11) is 0. The Morgan fingerprint density at radius 2 is 1.77 bits per heavy atom. The Labute approximate surface area is 79.3 Å². The molecule has 1 aromatic heterocycles. The van der Waals surface area contributed by atoms with Gasteiger partial charge in [0.25, 0.3) is 0 Å². The van der Waals surface area contributed by atoms with Crippen molar-refractivity contribution in [3.8, 4) is 0 Å². The van der Waals surface area contributed by atoms with Crippen LogP contribution < -0.4 is 0 Å². The second-order valence-corrected chi connectivity index (χ2v) is 2.11. The van der Waals surface area contributed by atoms with E-state index in [1.54, 1.807) is 0 Å². The molecule has 0 radical (unpaired) electrons. The third-order valence-corrected chi connectivity index (χ3v) is 1.31. The number of hydrogen-bond acceptors (Lipinski definition) is 3. The molecule has 0 fully saturated rings. The summed E-state index contributed by atoms with van der Waals surface area (Å²) in [6.07, 6.45) is 0. The van der Waals surface area contributed by atoms with Gasteiger partial charge >= 0.3 is 0 Å². The molecule has 70 valence electrons. The molecule has 0 aliphatic carbocycles. The molecule has 0 aliphatic heterocycles. The second kappa shape index (κ2) is 6.06. The van der Waals surface area contributed by atoms with Gasteiger partial charge in [-0.1, -0.05) is 13.8 Å². The summed E-state index contributed by atoms with van der Waals surface area (Å²) >= 11 is 0. The van der Waals surface area contributed by atoms with E-state index in [4.69, 9.17) is 0 Å². The molecule has 3 nitrogen and oxygen atoms in total. The average Bonchev–Trinajstić information content (AvgIpc) is 2.20. The van der Waals surface area contributed by atoms with Crippen molar-refractivity contribution in [1.29, 1.82) is 0 Å². The average molecular weight is 177 g/mol. The monoisotopic (exact) mass is 177 g/mol. The lowest BCUT2D eigenvalue weighted by Gasteiger charge is -1.97. The lowest BCUT2D eigenvalue weighted by molar-refractivity contribution is 1.18. The summed E-state index contributed by atoms with van der Waals surface area (Å²) in [5.41, 5.74) is 1.57. The Morgan fingerprint density at radius 1 is 1.15 bits per heavy atom. The van der Waals surface area contributed by atoms with E-state index in [0.717, 1.165) is 5.69 Å². The lowest BCUT2D eigenvalue weighted by atomic mass is 10.3. The number of rotatable bonds is 2. The molecule has 1 rings (SSSR count). The third kappa shape index (κ3) is 3.15. The Morgan fingerprint density at radius 3 is 2.23 bits per heavy atom. The molecular weight excluding hydrogens is 162 g/mol. The van der Waals surface area contributed by atoms with Gasteiger partial charge in [-0.2, -0.15) is 0 Å². The van der Waals surface area contributed by atoms with Crippen LogP contribution in [-0.4, -0.2) is 18.4 Å². The van der Waals surface area contributed by atoms with Crippen molar-refractivity contribution in [3.63, 3.8) is 0 Å². The quantitative estimate of drug-likeness (QED) is 0.639. The Hall–Kier alpha value is -1.51. The van der Waals surface area contributed by atoms with Crippen molar-refractivity contribution < 1.29 is 0 Å². The van der Waals surface area contributed by atoms with Crippen LogP contribution in [0, 0.1) is 6.92 Å². The minimum Gasteiger partial charge on any atom is -0.261 e. The van der Waals surface area contributed by atoms with E-state index in [-0.39, 0.29) is 0 Å². The fraction of sp³-hybridized carbons (Fsp3) is 0.300. The van der Waals surface area contributed by atoms with Crippen LogP contribution in [-0.2, 0) is 0 Å². The van der Waals surface area contributed by atoms with Crippen LogP contribution in [0.3, 0.4) is 0 Å². The number of aromatic nitrogens is 1. The van der Waals surface area contributed by atoms with Crippen molar-refractivity contribution >= 4 is 24.9 Å². The Kier molecular flexibility index (Phi) is 5.35. The van der Waals surface area contributed by atoms with E-state index >= 15 is 0 Å². The standard InChI is InChI=1S/C8H9N3.C2H6/c1-6-4-5-7(9-2)8(10-3)11-6;1-2/h4-5H,2-3H2,1H3;1-2H3. The number of aliphatic imine (C=N–C) groups is 2. The zero-order valence-corrected chi connectivity index (χ0v) is 8.41. The van der Waals surface area contributed by atoms with Gasteiger partial charge < -0.3 is 0 Å². The van der Waals surface area contributed by atoms with Crippen molar-refractivity contribution in [1.82, 2.24) is 4.98 Å². The zero-order chi connectivity index (χ0) is 10.3. The molecule has 0 bridgehead atoms. The van der Waals surface area contributed by atoms with E-state index in [9.17, 15) is 0 Å². The predicted octanol–water partition coefficient (Wildman–Crippen LogP) is 3.08. The Balaban J connectivity index is 0.000000671. The summed E-state index contributed by atoms with van der Waals surface area (Å²) in [5.74, 6) is 0.542. The van der Waals surface area contributed by atoms with Crippen LogP contribution in [0.1, 0.15) is 19.5 Å². The molecule has 0 unspecified atom stereocenters. The molecule has 0 aliphatic rings. The van der Waals surface area contributed by atoms with Gasteiger partial charge in [0.05, 0.1) is 0 Å². The highest BCUT2D eigenvalue weighted by atomic mass is 14.9. The fourth-order valence-corrected chi connectivity index (χ4v) is 0.775. The molecular formula is C10H15N3. The first-order chi connectivity index (χ1) is 6.27. The van der Waals surface area contributed by atoms with Crippen LogP contribution in [0.5, 0.6) is 0 Å². The van der Waals surface area contributed by atoms with Gasteiger partial charge in [-0.05, 0) is 32.5 Å². The maximum Gasteiger partial charge on any atom is 0.177 e. The van der Waals surface area contributed by atoms with Gasteiger partial charge in [-0.15, -0.1) is 0 Å². The molecule has 13 heavy (non-hydrogen) atoms. The molecule has 0 atom stereocenters. The molecule has 1 heterocycles. The van der Waals surface area contributed by atoms with E-state index in [1.165, 1.54) is 0 Å². The van der Waals surface area contributed by atoms with Gasteiger partial charge in [0, 0.05) is 5.69 Å². The first-order valence-electron chi connectivity index (χ1n) is 4.19. The van der Waals surface area contributed by atoms with Crippen LogP contribution in [0.2, 0.25) is 0 Å². The van der Waals surface area contributed by atoms with E-state index < -0.39 is 0 Å². The van der Waals surface area contributed by atoms with Crippen LogP contribution in [0.15, 0.2) is 22.1 Å². The maximum atomic E-state index is 4.10. The normalized spacial score (nSPS) is 8.23. The molecule has 0 spiro atoms. The minimum atomic E-state index is 0.542. The zero-order valence-electron chi connectivity index (χ0n) is 8.41. The van der Waals surface area contributed by atoms with Gasteiger partial charge in [-0.3, -0.25) is 4.99 Å². The molecule has 3 heteroatoms. The minimum absolute atomic E-state index is 0.542. The Bertz CT molecular complexity index is 292. The first kappa shape index (κ1) is 11.5. The van der Waals surface area contributed by atoms with Crippen LogP contribution in [0.4, 0.5) is 11.5 Å². The van der Waals surface area contributed by atoms with Crippen LogP contribution >= 0.6 is 0 Å². The number of nitrogens with zero attached hydrogens (tertiary/aromatic N) is 3. The molecule has 0 N–H and O–H groups in total. The second-order valence-electron chi connectivity index (χ2n) is 2.11. The van der Waals surface area contributed by atoms with Gasteiger partial charge in [0.2, 0.25) is 0 Å². The van der Waals surface area contributed by atoms with Crippen molar-refractivity contribution in [2.45, 2.75) is 20.8 Å². The van der Waals surface area contributed by atoms with E-state index in [2.05, 4.69) is 28.4 Å². The summed E-state index contributed by atoms with van der Waals surface area (Å²) in [6, 6.07) is 3.68. The number of pyridine rings is 1. The lowest BCUT2D eigenvalue weighted by Crippen LogP contribution is -1.79. The third-order valence-electron chi connectivity index (χ3n) is 1.31. The van der Waals surface area contributed by atoms with Crippen molar-refractivity contribution in [2.24, 2.45) is 9.98 Å². The largest absolute Gasteiger partial charge is 0.261 e. The van der Waals surface area contributed by atoms with Crippen LogP contribution in [0.25, 0.3) is 0 Å². The summed E-state index contributed by atoms with van der Waals surface area (Å²) in [6.45, 7) is 12.7. The van der Waals surface area contributed by atoms with Crippen molar-refractivity contribution in [3.05, 3.63) is 17.8 Å². The number of hydrogen-bond donors (Lipinski definition) is 0. The molecule has 0 saturated heterocycles. The predicted molar refractivity (Wildman–Crippen MR) is 58.7 cm³/mol. The van der Waals surface area contributed by atoms with E-state index in [0.29, 0.717) is 11.5 Å². The highest BCUT2D eigenvalue weighted by molar-refractivity contribution is 5.62. The number of aryl methyl sites for hydroxylation is 1. The van der Waals surface area contributed by atoms with Crippen molar-refractivity contribution in [2.75, 3.05) is 0 Å². The maximum absolute atomic E-state index is 4.10. The summed E-state index contributed by atoms with van der Waals surface area (Å²) in [4.78, 5) is 11.5. The van der Waals surface area contributed by atoms with E-state index in [1.807, 2.05) is 32.9 Å². The summed E-state index contributed by atoms with van der Waals surface area (Å²) in [5, 5.41) is 0. The highest BCUT2D eigenvalue weighted by Gasteiger charge is 1.97. The van der Waals surface area contributed by atoms with Gasteiger partial charge in [0.1, 0.15) is 5.69 Å². The topological polar surface area (TPSA) is 37.6 Å². The molecule has 0 amide bonds. The molecule has 0 aromatic carbocycles. The smallest absolute Gasteiger partial charge is 0.177 e. The summed E-state index contributed by atoms with van der Waals surface area (Å²) < 4.78 is 0. The first-order valence-corrected chi connectivity index (χ1v) is 4.19. The van der Waals surface area contributed by atoms with Gasteiger partial charge in [0.15, 0.2) is 5.82 Å². The molecule has 1 aromatic rings. The highest BCUT2D eigenvalue weighted by Crippen LogP contribution is 2.23. The SMILES string of the molecule is C=Nc1ccc(C)nc1N=C.CC. The fourth-order valence-electron chi connectivity index (χ4n) is 0.775. The van der Waals surface area contributed by atoms with Gasteiger partial charge in [-0.25, -0.2) is 9.98 Å².